The summed E-state index contributed by atoms with van der Waals surface area (Å²) in [5, 5.41) is 0. The number of sulfonamides is 1. The van der Waals surface area contributed by atoms with E-state index in [0.717, 1.165) is 5.56 Å². The first-order valence-electron chi connectivity index (χ1n) is 7.91. The maximum atomic E-state index is 12.3. The summed E-state index contributed by atoms with van der Waals surface area (Å²) in [5.74, 6) is 0.189. The number of nitrogens with zero attached hydrogens (tertiary/aromatic N) is 2. The number of likely N-dealkylation sites (tertiary alicyclic amines) is 1. The lowest BCUT2D eigenvalue weighted by Crippen LogP contribution is -2.47. The monoisotopic (exact) mass is 339 g/mol. The molecule has 2 rings (SSSR count). The Hall–Kier alpha value is -1.60. The molecule has 0 unspecified atom stereocenters. The van der Waals surface area contributed by atoms with Crippen LogP contribution in [-0.4, -0.2) is 55.5 Å². The molecule has 0 radical (unpaired) electrons. The summed E-state index contributed by atoms with van der Waals surface area (Å²) in [6, 6.07) is 7.29. The number of piperidine rings is 1. The van der Waals surface area contributed by atoms with Crippen molar-refractivity contribution in [2.24, 2.45) is 0 Å². The van der Waals surface area contributed by atoms with Crippen LogP contribution in [0.3, 0.4) is 0 Å². The first kappa shape index (κ1) is 17.7. The van der Waals surface area contributed by atoms with Gasteiger partial charge in [0.05, 0.1) is 12.2 Å². The number of benzene rings is 1. The second-order valence-electron chi connectivity index (χ2n) is 5.95. The van der Waals surface area contributed by atoms with Crippen molar-refractivity contribution in [2.45, 2.75) is 32.2 Å². The molecule has 1 saturated heterocycles. The molecule has 6 nitrogen and oxygen atoms in total. The number of nitrogens with two attached hydrogens (primary N) is 1. The van der Waals surface area contributed by atoms with E-state index in [1.807, 2.05) is 17.0 Å². The van der Waals surface area contributed by atoms with Crippen molar-refractivity contribution in [3.8, 4) is 0 Å². The molecule has 1 fully saturated rings. The van der Waals surface area contributed by atoms with Crippen LogP contribution in [0.4, 0.5) is 5.69 Å². The molecule has 128 valence electrons. The standard InChI is InChI=1S/C16H25N3O3S/c1-3-23(21,22)18(2)15-8-10-19(11-9-15)16(20)12-13-4-6-14(17)7-5-13/h4-7,15H,3,8-12,17H2,1-2H3. The lowest BCUT2D eigenvalue weighted by Gasteiger charge is -2.36. The summed E-state index contributed by atoms with van der Waals surface area (Å²) in [5.41, 5.74) is 7.27. The van der Waals surface area contributed by atoms with Crippen LogP contribution in [0.2, 0.25) is 0 Å². The Morgan fingerprint density at radius 1 is 1.26 bits per heavy atom. The van der Waals surface area contributed by atoms with Gasteiger partial charge in [0, 0.05) is 31.9 Å². The van der Waals surface area contributed by atoms with Gasteiger partial charge < -0.3 is 10.6 Å². The molecular weight excluding hydrogens is 314 g/mol. The van der Waals surface area contributed by atoms with Gasteiger partial charge in [0.1, 0.15) is 0 Å². The van der Waals surface area contributed by atoms with E-state index in [2.05, 4.69) is 0 Å². The number of amides is 1. The predicted octanol–water partition coefficient (Wildman–Crippen LogP) is 1.08. The van der Waals surface area contributed by atoms with Gasteiger partial charge in [0.25, 0.3) is 0 Å². The topological polar surface area (TPSA) is 83.7 Å². The Bertz CT molecular complexity index is 635. The summed E-state index contributed by atoms with van der Waals surface area (Å²) < 4.78 is 25.3. The molecule has 0 spiro atoms. The van der Waals surface area contributed by atoms with E-state index in [1.165, 1.54) is 4.31 Å². The summed E-state index contributed by atoms with van der Waals surface area (Å²) >= 11 is 0. The van der Waals surface area contributed by atoms with Gasteiger partial charge in [-0.3, -0.25) is 4.79 Å². The zero-order chi connectivity index (χ0) is 17.0. The summed E-state index contributed by atoms with van der Waals surface area (Å²) in [7, 11) is -1.54. The second-order valence-corrected chi connectivity index (χ2v) is 8.26. The maximum Gasteiger partial charge on any atom is 0.226 e. The molecule has 0 saturated carbocycles. The van der Waals surface area contributed by atoms with Crippen molar-refractivity contribution in [1.82, 2.24) is 9.21 Å². The molecule has 1 aliphatic rings. The summed E-state index contributed by atoms with van der Waals surface area (Å²) in [6.45, 7) is 2.85. The fourth-order valence-electron chi connectivity index (χ4n) is 2.83. The number of nitrogen functional groups attached to an aromatic ring is 1. The number of carbonyl (C=O) groups is 1. The van der Waals surface area contributed by atoms with Crippen molar-refractivity contribution in [3.63, 3.8) is 0 Å². The average molecular weight is 339 g/mol. The molecule has 1 aromatic rings. The SMILES string of the molecule is CCS(=O)(=O)N(C)C1CCN(C(=O)Cc2ccc(N)cc2)CC1. The highest BCUT2D eigenvalue weighted by molar-refractivity contribution is 7.89. The Kier molecular flexibility index (Phi) is 5.64. The van der Waals surface area contributed by atoms with Gasteiger partial charge in [0.15, 0.2) is 0 Å². The van der Waals surface area contributed by atoms with E-state index in [1.54, 1.807) is 26.1 Å². The van der Waals surface area contributed by atoms with Gasteiger partial charge in [0.2, 0.25) is 15.9 Å². The molecule has 2 N–H and O–H groups in total. The molecule has 1 amide bonds. The van der Waals surface area contributed by atoms with Crippen molar-refractivity contribution in [1.29, 1.82) is 0 Å². The number of hydrogen-bond acceptors (Lipinski definition) is 4. The predicted molar refractivity (Wildman–Crippen MR) is 91.4 cm³/mol. The number of hydrogen-bond donors (Lipinski definition) is 1. The van der Waals surface area contributed by atoms with E-state index < -0.39 is 10.0 Å². The van der Waals surface area contributed by atoms with Crippen molar-refractivity contribution >= 4 is 21.6 Å². The van der Waals surface area contributed by atoms with E-state index >= 15 is 0 Å². The number of anilines is 1. The van der Waals surface area contributed by atoms with Crippen LogP contribution in [0.25, 0.3) is 0 Å². The normalized spacial score (nSPS) is 16.7. The smallest absolute Gasteiger partial charge is 0.226 e. The number of carbonyl (C=O) groups excluding carboxylic acids is 1. The van der Waals surface area contributed by atoms with Gasteiger partial charge >= 0.3 is 0 Å². The molecule has 23 heavy (non-hydrogen) atoms. The minimum atomic E-state index is -3.17. The maximum absolute atomic E-state index is 12.3. The molecule has 1 aromatic carbocycles. The van der Waals surface area contributed by atoms with Gasteiger partial charge in [-0.1, -0.05) is 12.1 Å². The van der Waals surface area contributed by atoms with Gasteiger partial charge in [-0.05, 0) is 37.5 Å². The van der Waals surface area contributed by atoms with Crippen molar-refractivity contribution < 1.29 is 13.2 Å². The lowest BCUT2D eigenvalue weighted by atomic mass is 10.0. The minimum absolute atomic E-state index is 0.0134. The first-order valence-corrected chi connectivity index (χ1v) is 9.52. The fraction of sp³-hybridized carbons (Fsp3) is 0.562. The number of rotatable bonds is 5. The van der Waals surface area contributed by atoms with Gasteiger partial charge in [-0.15, -0.1) is 0 Å². The average Bonchev–Trinajstić information content (AvgIpc) is 2.56. The highest BCUT2D eigenvalue weighted by Crippen LogP contribution is 2.19. The molecule has 1 aliphatic heterocycles. The molecule has 0 bridgehead atoms. The van der Waals surface area contributed by atoms with Crippen LogP contribution in [0.5, 0.6) is 0 Å². The highest BCUT2D eigenvalue weighted by Gasteiger charge is 2.30. The molecule has 7 heteroatoms. The Morgan fingerprint density at radius 3 is 2.35 bits per heavy atom. The highest BCUT2D eigenvalue weighted by atomic mass is 32.2. The van der Waals surface area contributed by atoms with E-state index in [0.29, 0.717) is 38.0 Å². The lowest BCUT2D eigenvalue weighted by molar-refractivity contribution is -0.131. The summed E-state index contributed by atoms with van der Waals surface area (Å²) in [4.78, 5) is 14.2. The van der Waals surface area contributed by atoms with E-state index in [9.17, 15) is 13.2 Å². The first-order chi connectivity index (χ1) is 10.8. The van der Waals surface area contributed by atoms with Crippen LogP contribution in [-0.2, 0) is 21.2 Å². The Balaban J connectivity index is 1.89. The van der Waals surface area contributed by atoms with Crippen molar-refractivity contribution in [2.75, 3.05) is 31.6 Å². The van der Waals surface area contributed by atoms with Crippen LogP contribution >= 0.6 is 0 Å². The summed E-state index contributed by atoms with van der Waals surface area (Å²) in [6.07, 6.45) is 1.72. The van der Waals surface area contributed by atoms with E-state index in [-0.39, 0.29) is 17.7 Å². The quantitative estimate of drug-likeness (QED) is 0.814. The molecule has 1 heterocycles. The van der Waals surface area contributed by atoms with Crippen LogP contribution in [0.1, 0.15) is 25.3 Å². The minimum Gasteiger partial charge on any atom is -0.399 e. The van der Waals surface area contributed by atoms with Crippen LogP contribution in [0, 0.1) is 0 Å². The van der Waals surface area contributed by atoms with E-state index in [4.69, 9.17) is 5.73 Å². The van der Waals surface area contributed by atoms with Gasteiger partial charge in [-0.2, -0.15) is 0 Å². The molecular formula is C16H25N3O3S. The Morgan fingerprint density at radius 2 is 1.83 bits per heavy atom. The van der Waals surface area contributed by atoms with Gasteiger partial charge in [-0.25, -0.2) is 12.7 Å². The molecule has 0 aromatic heterocycles. The molecule has 0 aliphatic carbocycles. The van der Waals surface area contributed by atoms with Crippen molar-refractivity contribution in [3.05, 3.63) is 29.8 Å². The largest absolute Gasteiger partial charge is 0.399 e. The van der Waals surface area contributed by atoms with Crippen LogP contribution in [0.15, 0.2) is 24.3 Å². The zero-order valence-electron chi connectivity index (χ0n) is 13.7. The third kappa shape index (κ3) is 4.45. The third-order valence-electron chi connectivity index (χ3n) is 4.47. The molecule has 0 atom stereocenters. The zero-order valence-corrected chi connectivity index (χ0v) is 14.6. The Labute approximate surface area is 138 Å². The third-order valence-corrected chi connectivity index (χ3v) is 6.38. The van der Waals surface area contributed by atoms with Crippen LogP contribution < -0.4 is 5.73 Å². The second kappa shape index (κ2) is 7.31. The fourth-order valence-corrected chi connectivity index (χ4v) is 3.90.